The molecule has 0 N–H and O–H groups in total. The Labute approximate surface area is 195 Å². The summed E-state index contributed by atoms with van der Waals surface area (Å²) in [6.07, 6.45) is 15.1. The summed E-state index contributed by atoms with van der Waals surface area (Å²) in [6.45, 7) is 3.70. The molecule has 0 bridgehead atoms. The quantitative estimate of drug-likeness (QED) is 0.521. The van der Waals surface area contributed by atoms with Crippen LogP contribution in [0.4, 0.5) is 0 Å². The second-order valence-corrected chi connectivity index (χ2v) is 9.90. The zero-order valence-electron chi connectivity index (χ0n) is 19.3. The van der Waals surface area contributed by atoms with Crippen molar-refractivity contribution in [2.45, 2.75) is 64.7 Å². The van der Waals surface area contributed by atoms with Gasteiger partial charge in [0.15, 0.2) is 0 Å². The zero-order valence-corrected chi connectivity index (χ0v) is 20.1. The summed E-state index contributed by atoms with van der Waals surface area (Å²) in [4.78, 5) is 29.3. The van der Waals surface area contributed by atoms with Gasteiger partial charge >= 0.3 is 0 Å². The first-order valence-electron chi connectivity index (χ1n) is 11.8. The van der Waals surface area contributed by atoms with Gasteiger partial charge in [0.1, 0.15) is 11.5 Å². The minimum atomic E-state index is -0.0148. The van der Waals surface area contributed by atoms with E-state index >= 15 is 0 Å². The molecule has 1 atom stereocenters. The number of ether oxygens (including phenoxy) is 1. The lowest BCUT2D eigenvalue weighted by Crippen LogP contribution is -2.37. The molecule has 4 rings (SSSR count). The maximum atomic E-state index is 13.0. The van der Waals surface area contributed by atoms with Crippen LogP contribution in [0.5, 0.6) is 0 Å². The van der Waals surface area contributed by atoms with Gasteiger partial charge in [0.05, 0.1) is 7.11 Å². The van der Waals surface area contributed by atoms with Gasteiger partial charge in [-0.3, -0.25) is 14.5 Å². The molecule has 0 spiro atoms. The standard InChI is InChI=1S/C26H34N2O3S/c1-19-16-22-17-20(8-9-21(22)10-11-24(19)31-2)6-5-7-25(29)28-14-15-32-18-23(28)26(30)27-12-3-4-13-27/h11,14-16,18,20H,3-10,12-13,17H2,1-2H3. The van der Waals surface area contributed by atoms with Crippen LogP contribution in [0.25, 0.3) is 0 Å². The Balaban J connectivity index is 1.29. The van der Waals surface area contributed by atoms with Crippen molar-refractivity contribution >= 4 is 23.6 Å². The molecule has 1 unspecified atom stereocenters. The molecule has 2 aliphatic carbocycles. The van der Waals surface area contributed by atoms with E-state index in [0.29, 0.717) is 18.0 Å². The third-order valence-corrected chi connectivity index (χ3v) is 7.60. The predicted octanol–water partition coefficient (Wildman–Crippen LogP) is 5.64. The van der Waals surface area contributed by atoms with Crippen LogP contribution in [0.15, 0.2) is 57.3 Å². The summed E-state index contributed by atoms with van der Waals surface area (Å²) in [7, 11) is 1.74. The number of nitrogens with zero attached hydrogens (tertiary/aromatic N) is 2. The Hall–Kier alpha value is -2.21. The first kappa shape index (κ1) is 23.0. The molecule has 6 heteroatoms. The summed E-state index contributed by atoms with van der Waals surface area (Å²) in [5.74, 6) is 1.61. The molecular formula is C26H34N2O3S. The fourth-order valence-electron chi connectivity index (χ4n) is 5.14. The van der Waals surface area contributed by atoms with E-state index in [0.717, 1.165) is 63.8 Å². The molecule has 32 heavy (non-hydrogen) atoms. The number of methoxy groups -OCH3 is 1. The van der Waals surface area contributed by atoms with Crippen LogP contribution in [0.2, 0.25) is 0 Å². The van der Waals surface area contributed by atoms with E-state index in [1.807, 2.05) is 15.7 Å². The van der Waals surface area contributed by atoms with Crippen molar-refractivity contribution in [3.8, 4) is 0 Å². The molecule has 0 radical (unpaired) electrons. The summed E-state index contributed by atoms with van der Waals surface area (Å²) in [6, 6.07) is 0. The third-order valence-electron chi connectivity index (χ3n) is 6.96. The fraction of sp³-hybridized carbons (Fsp3) is 0.538. The van der Waals surface area contributed by atoms with E-state index in [2.05, 4.69) is 19.1 Å². The largest absolute Gasteiger partial charge is 0.497 e. The summed E-state index contributed by atoms with van der Waals surface area (Å²) < 4.78 is 5.51. The van der Waals surface area contributed by atoms with Crippen LogP contribution in [0.1, 0.15) is 64.7 Å². The van der Waals surface area contributed by atoms with E-state index < -0.39 is 0 Å². The number of carbonyl (C=O) groups is 2. The van der Waals surface area contributed by atoms with Gasteiger partial charge < -0.3 is 9.64 Å². The van der Waals surface area contributed by atoms with Crippen LogP contribution >= 0.6 is 11.8 Å². The van der Waals surface area contributed by atoms with E-state index in [4.69, 9.17) is 4.74 Å². The second-order valence-electron chi connectivity index (χ2n) is 9.12. The minimum absolute atomic E-state index is 0.0148. The molecule has 1 fully saturated rings. The maximum absolute atomic E-state index is 13.0. The lowest BCUT2D eigenvalue weighted by Gasteiger charge is -2.27. The van der Waals surface area contributed by atoms with Crippen molar-refractivity contribution in [1.82, 2.24) is 9.80 Å². The summed E-state index contributed by atoms with van der Waals surface area (Å²) in [5.41, 5.74) is 4.71. The van der Waals surface area contributed by atoms with Crippen LogP contribution in [-0.2, 0) is 14.3 Å². The monoisotopic (exact) mass is 454 g/mol. The van der Waals surface area contributed by atoms with E-state index in [1.54, 1.807) is 18.2 Å². The van der Waals surface area contributed by atoms with Crippen molar-refractivity contribution in [2.24, 2.45) is 5.92 Å². The Morgan fingerprint density at radius 2 is 2.06 bits per heavy atom. The highest BCUT2D eigenvalue weighted by atomic mass is 32.2. The average Bonchev–Trinajstić information content (AvgIpc) is 3.29. The number of rotatable bonds is 6. The molecule has 1 saturated heterocycles. The van der Waals surface area contributed by atoms with Crippen LogP contribution < -0.4 is 0 Å². The number of carbonyl (C=O) groups excluding carboxylic acids is 2. The number of allylic oxidation sites excluding steroid dienone is 5. The topological polar surface area (TPSA) is 49.9 Å². The Morgan fingerprint density at radius 3 is 2.84 bits per heavy atom. The number of likely N-dealkylation sites (tertiary alicyclic amines) is 1. The second kappa shape index (κ2) is 10.6. The van der Waals surface area contributed by atoms with Crippen molar-refractivity contribution in [2.75, 3.05) is 20.2 Å². The zero-order chi connectivity index (χ0) is 22.5. The molecule has 0 aromatic heterocycles. The molecule has 2 heterocycles. The van der Waals surface area contributed by atoms with Crippen molar-refractivity contribution in [3.63, 3.8) is 0 Å². The SMILES string of the molecule is COC1=CCC2=C(C=C1C)CC(CCCC(=O)N1C=CSC=C1C(=O)N1CCCC1)CC2. The smallest absolute Gasteiger partial charge is 0.271 e. The third kappa shape index (κ3) is 5.22. The first-order valence-corrected chi connectivity index (χ1v) is 12.8. The average molecular weight is 455 g/mol. The van der Waals surface area contributed by atoms with Crippen molar-refractivity contribution in [1.29, 1.82) is 0 Å². The lowest BCUT2D eigenvalue weighted by atomic mass is 9.80. The molecule has 2 amide bonds. The van der Waals surface area contributed by atoms with Gasteiger partial charge in [-0.15, -0.1) is 11.8 Å². The van der Waals surface area contributed by atoms with Gasteiger partial charge in [0, 0.05) is 31.1 Å². The summed E-state index contributed by atoms with van der Waals surface area (Å²) in [5, 5.41) is 3.69. The van der Waals surface area contributed by atoms with Crippen molar-refractivity contribution < 1.29 is 14.3 Å². The molecule has 2 aliphatic heterocycles. The molecule has 0 aromatic carbocycles. The predicted molar refractivity (Wildman–Crippen MR) is 129 cm³/mol. The fourth-order valence-corrected chi connectivity index (χ4v) is 5.76. The molecule has 0 saturated carbocycles. The van der Waals surface area contributed by atoms with E-state index in [9.17, 15) is 9.59 Å². The molecule has 4 aliphatic rings. The van der Waals surface area contributed by atoms with Gasteiger partial charge in [-0.25, -0.2) is 0 Å². The molecular weight excluding hydrogens is 420 g/mol. The lowest BCUT2D eigenvalue weighted by molar-refractivity contribution is -0.133. The Bertz CT molecular complexity index is 906. The van der Waals surface area contributed by atoms with Gasteiger partial charge in [-0.05, 0) is 86.8 Å². The van der Waals surface area contributed by atoms with E-state index in [1.165, 1.54) is 34.9 Å². The number of amides is 2. The highest BCUT2D eigenvalue weighted by Gasteiger charge is 2.29. The highest BCUT2D eigenvalue weighted by Crippen LogP contribution is 2.38. The van der Waals surface area contributed by atoms with Gasteiger partial charge in [-0.2, -0.15) is 0 Å². The van der Waals surface area contributed by atoms with Gasteiger partial charge in [0.2, 0.25) is 5.91 Å². The van der Waals surface area contributed by atoms with E-state index in [-0.39, 0.29) is 11.8 Å². The Kier molecular flexibility index (Phi) is 7.61. The van der Waals surface area contributed by atoms with Gasteiger partial charge in [0.25, 0.3) is 5.91 Å². The van der Waals surface area contributed by atoms with Crippen molar-refractivity contribution in [3.05, 3.63) is 57.3 Å². The normalized spacial score (nSPS) is 23.3. The number of hydrogen-bond donors (Lipinski definition) is 0. The Morgan fingerprint density at radius 1 is 1.25 bits per heavy atom. The number of thioether (sulfide) groups is 1. The minimum Gasteiger partial charge on any atom is -0.497 e. The highest BCUT2D eigenvalue weighted by molar-refractivity contribution is 8.05. The van der Waals surface area contributed by atoms with Crippen LogP contribution in [0.3, 0.4) is 0 Å². The van der Waals surface area contributed by atoms with Crippen LogP contribution in [0, 0.1) is 5.92 Å². The number of hydrogen-bond acceptors (Lipinski definition) is 4. The molecule has 5 nitrogen and oxygen atoms in total. The van der Waals surface area contributed by atoms with Crippen LogP contribution in [-0.4, -0.2) is 41.8 Å². The maximum Gasteiger partial charge on any atom is 0.271 e. The summed E-state index contributed by atoms with van der Waals surface area (Å²) >= 11 is 1.46. The van der Waals surface area contributed by atoms with Gasteiger partial charge in [-0.1, -0.05) is 11.6 Å². The first-order chi connectivity index (χ1) is 15.6. The molecule has 172 valence electrons. The molecule has 0 aromatic rings.